The summed E-state index contributed by atoms with van der Waals surface area (Å²) in [6.07, 6.45) is 0.739. The lowest BCUT2D eigenvalue weighted by molar-refractivity contribution is 0.173. The SMILES string of the molecule is C[C@H](O)Cn1c(=O)c(Oc2ccc(F)cc2F)cc2cnc(N[C@@H](CO)CCO)nc21. The topological polar surface area (TPSA) is 130 Å². The molecule has 0 radical (unpaired) electrons. The van der Waals surface area contributed by atoms with Crippen LogP contribution in [0.3, 0.4) is 0 Å². The molecule has 0 aliphatic heterocycles. The van der Waals surface area contributed by atoms with Crippen LogP contribution < -0.4 is 15.6 Å². The molecule has 11 heteroatoms. The molecule has 2 atom stereocenters. The smallest absolute Gasteiger partial charge is 0.295 e. The lowest BCUT2D eigenvalue weighted by Gasteiger charge is -2.17. The van der Waals surface area contributed by atoms with Crippen LogP contribution >= 0.6 is 0 Å². The van der Waals surface area contributed by atoms with Crippen molar-refractivity contribution in [3.8, 4) is 11.5 Å². The van der Waals surface area contributed by atoms with Gasteiger partial charge in [-0.3, -0.25) is 9.36 Å². The molecule has 0 saturated carbocycles. The summed E-state index contributed by atoms with van der Waals surface area (Å²) in [4.78, 5) is 21.4. The number of rotatable bonds is 9. The van der Waals surface area contributed by atoms with Crippen molar-refractivity contribution in [2.24, 2.45) is 0 Å². The van der Waals surface area contributed by atoms with Gasteiger partial charge in [-0.1, -0.05) is 0 Å². The van der Waals surface area contributed by atoms with Crippen LogP contribution in [-0.4, -0.2) is 55.2 Å². The van der Waals surface area contributed by atoms with Gasteiger partial charge in [0, 0.05) is 24.3 Å². The normalized spacial score (nSPS) is 13.2. The van der Waals surface area contributed by atoms with Gasteiger partial charge in [-0.25, -0.2) is 13.8 Å². The summed E-state index contributed by atoms with van der Waals surface area (Å²) >= 11 is 0. The molecule has 0 bridgehead atoms. The standard InChI is InChI=1S/C20H22F2N4O5/c1-11(29)9-26-18-12(8-23-20(25-18)24-14(10-28)4-5-27)6-17(19(26)30)31-16-3-2-13(21)7-15(16)22/h2-3,6-8,11,14,27-29H,4-5,9-10H2,1H3,(H,23,24,25)/t11-,14+/m0/s1. The highest BCUT2D eigenvalue weighted by atomic mass is 19.1. The molecule has 0 unspecified atom stereocenters. The molecule has 9 nitrogen and oxygen atoms in total. The highest BCUT2D eigenvalue weighted by molar-refractivity contribution is 5.77. The molecule has 31 heavy (non-hydrogen) atoms. The summed E-state index contributed by atoms with van der Waals surface area (Å²) < 4.78 is 33.7. The van der Waals surface area contributed by atoms with Gasteiger partial charge in [0.1, 0.15) is 11.5 Å². The number of hydrogen-bond donors (Lipinski definition) is 4. The van der Waals surface area contributed by atoms with Gasteiger partial charge < -0.3 is 25.4 Å². The van der Waals surface area contributed by atoms with E-state index in [1.165, 1.54) is 19.2 Å². The molecule has 0 aliphatic carbocycles. The monoisotopic (exact) mass is 436 g/mol. The second-order valence-corrected chi connectivity index (χ2v) is 6.96. The van der Waals surface area contributed by atoms with Crippen molar-refractivity contribution in [3.05, 3.63) is 52.5 Å². The molecule has 3 rings (SSSR count). The number of aromatic nitrogens is 3. The van der Waals surface area contributed by atoms with Crippen molar-refractivity contribution in [1.82, 2.24) is 14.5 Å². The highest BCUT2D eigenvalue weighted by Gasteiger charge is 2.17. The average Bonchev–Trinajstić information content (AvgIpc) is 2.72. The fourth-order valence-corrected chi connectivity index (χ4v) is 2.93. The van der Waals surface area contributed by atoms with E-state index in [4.69, 9.17) is 9.84 Å². The largest absolute Gasteiger partial charge is 0.448 e. The molecular formula is C20H22F2N4O5. The van der Waals surface area contributed by atoms with Crippen LogP contribution in [0.1, 0.15) is 13.3 Å². The Bertz CT molecular complexity index is 1120. The van der Waals surface area contributed by atoms with Gasteiger partial charge in [0.2, 0.25) is 5.95 Å². The van der Waals surface area contributed by atoms with Crippen molar-refractivity contribution in [2.75, 3.05) is 18.5 Å². The fraction of sp³-hybridized carbons (Fsp3) is 0.350. The second-order valence-electron chi connectivity index (χ2n) is 6.96. The molecule has 0 saturated heterocycles. The molecule has 0 fully saturated rings. The zero-order valence-corrected chi connectivity index (χ0v) is 16.6. The first kappa shape index (κ1) is 22.5. The van der Waals surface area contributed by atoms with Gasteiger partial charge in [-0.2, -0.15) is 4.98 Å². The Morgan fingerprint density at radius 2 is 2.00 bits per heavy atom. The molecule has 1 aromatic carbocycles. The Balaban J connectivity index is 2.06. The van der Waals surface area contributed by atoms with Gasteiger partial charge in [0.05, 0.1) is 25.3 Å². The molecule has 0 aliphatic rings. The van der Waals surface area contributed by atoms with Crippen molar-refractivity contribution < 1.29 is 28.8 Å². The fourth-order valence-electron chi connectivity index (χ4n) is 2.93. The first-order valence-corrected chi connectivity index (χ1v) is 9.52. The maximum Gasteiger partial charge on any atom is 0.295 e. The van der Waals surface area contributed by atoms with Gasteiger partial charge in [-0.05, 0) is 31.5 Å². The van der Waals surface area contributed by atoms with Crippen LogP contribution in [0.15, 0.2) is 35.3 Å². The molecule has 0 amide bonds. The van der Waals surface area contributed by atoms with E-state index in [9.17, 15) is 23.8 Å². The number of fused-ring (bicyclic) bond motifs is 1. The van der Waals surface area contributed by atoms with E-state index in [0.717, 1.165) is 16.7 Å². The maximum absolute atomic E-state index is 14.0. The molecular weight excluding hydrogens is 414 g/mol. The molecule has 2 heterocycles. The summed E-state index contributed by atoms with van der Waals surface area (Å²) in [5.74, 6) is -2.24. The van der Waals surface area contributed by atoms with Crippen molar-refractivity contribution in [1.29, 1.82) is 0 Å². The minimum absolute atomic E-state index is 0.108. The average molecular weight is 436 g/mol. The van der Waals surface area contributed by atoms with Crippen LogP contribution in [0.5, 0.6) is 11.5 Å². The number of halogens is 2. The number of anilines is 1. The van der Waals surface area contributed by atoms with E-state index in [-0.39, 0.29) is 49.3 Å². The lowest BCUT2D eigenvalue weighted by atomic mass is 10.2. The molecule has 3 aromatic rings. The minimum Gasteiger partial charge on any atom is -0.448 e. The number of pyridine rings is 1. The third-order valence-corrected chi connectivity index (χ3v) is 4.39. The van der Waals surface area contributed by atoms with Crippen molar-refractivity contribution in [3.63, 3.8) is 0 Å². The molecule has 0 spiro atoms. The van der Waals surface area contributed by atoms with E-state index < -0.39 is 29.3 Å². The summed E-state index contributed by atoms with van der Waals surface area (Å²) in [7, 11) is 0. The van der Waals surface area contributed by atoms with E-state index in [1.54, 1.807) is 0 Å². The molecule has 4 N–H and O–H groups in total. The quantitative estimate of drug-likeness (QED) is 0.396. The predicted octanol–water partition coefficient (Wildman–Crippen LogP) is 1.40. The Morgan fingerprint density at radius 1 is 1.23 bits per heavy atom. The molecule has 166 valence electrons. The number of aliphatic hydroxyl groups excluding tert-OH is 3. The first-order valence-electron chi connectivity index (χ1n) is 9.52. The van der Waals surface area contributed by atoms with E-state index in [1.807, 2.05) is 0 Å². The van der Waals surface area contributed by atoms with Gasteiger partial charge in [0.15, 0.2) is 17.3 Å². The third kappa shape index (κ3) is 5.32. The lowest BCUT2D eigenvalue weighted by Crippen LogP contribution is -2.28. The Morgan fingerprint density at radius 3 is 2.65 bits per heavy atom. The summed E-state index contributed by atoms with van der Waals surface area (Å²) in [5, 5.41) is 31.5. The number of hydrogen-bond acceptors (Lipinski definition) is 8. The molecule has 2 aromatic heterocycles. The third-order valence-electron chi connectivity index (χ3n) is 4.39. The van der Waals surface area contributed by atoms with Crippen LogP contribution in [-0.2, 0) is 6.54 Å². The first-order chi connectivity index (χ1) is 14.8. The van der Waals surface area contributed by atoms with E-state index >= 15 is 0 Å². The zero-order valence-electron chi connectivity index (χ0n) is 16.6. The number of nitrogens with zero attached hydrogens (tertiary/aromatic N) is 3. The van der Waals surface area contributed by atoms with E-state index in [2.05, 4.69) is 15.3 Å². The second kappa shape index (κ2) is 9.77. The van der Waals surface area contributed by atoms with Crippen LogP contribution in [0.2, 0.25) is 0 Å². The minimum atomic E-state index is -0.976. The van der Waals surface area contributed by atoms with Crippen molar-refractivity contribution in [2.45, 2.75) is 32.0 Å². The van der Waals surface area contributed by atoms with Crippen molar-refractivity contribution >= 4 is 17.0 Å². The van der Waals surface area contributed by atoms with Crippen LogP contribution in [0.25, 0.3) is 11.0 Å². The van der Waals surface area contributed by atoms with Gasteiger partial charge in [0.25, 0.3) is 5.56 Å². The van der Waals surface area contributed by atoms with Crippen LogP contribution in [0, 0.1) is 11.6 Å². The number of aliphatic hydroxyl groups is 3. The Kier molecular flexibility index (Phi) is 7.10. The predicted molar refractivity (Wildman–Crippen MR) is 108 cm³/mol. The van der Waals surface area contributed by atoms with Gasteiger partial charge >= 0.3 is 0 Å². The van der Waals surface area contributed by atoms with Crippen LogP contribution in [0.4, 0.5) is 14.7 Å². The highest BCUT2D eigenvalue weighted by Crippen LogP contribution is 2.25. The van der Waals surface area contributed by atoms with Gasteiger partial charge in [-0.15, -0.1) is 0 Å². The number of nitrogens with one attached hydrogen (secondary N) is 1. The number of ether oxygens (including phenoxy) is 1. The zero-order chi connectivity index (χ0) is 22.5. The Labute approximate surface area is 175 Å². The summed E-state index contributed by atoms with van der Waals surface area (Å²) in [6.45, 7) is 0.932. The Hall–Kier alpha value is -3.15. The summed E-state index contributed by atoms with van der Waals surface area (Å²) in [6, 6.07) is 3.52. The van der Waals surface area contributed by atoms with E-state index in [0.29, 0.717) is 11.5 Å². The number of benzene rings is 1. The maximum atomic E-state index is 14.0. The summed E-state index contributed by atoms with van der Waals surface area (Å²) in [5.41, 5.74) is -0.508.